The van der Waals surface area contributed by atoms with E-state index < -0.39 is 0 Å². The number of hydrogen-bond acceptors (Lipinski definition) is 7. The van der Waals surface area contributed by atoms with Gasteiger partial charge in [0.1, 0.15) is 5.76 Å². The Labute approximate surface area is 130 Å². The molecule has 0 saturated carbocycles. The highest BCUT2D eigenvalue weighted by Gasteiger charge is 2.07. The highest BCUT2D eigenvalue weighted by atomic mass is 32.2. The van der Waals surface area contributed by atoms with Gasteiger partial charge >= 0.3 is 0 Å². The summed E-state index contributed by atoms with van der Waals surface area (Å²) in [5.41, 5.74) is 2.14. The number of nitrogens with zero attached hydrogens (tertiary/aromatic N) is 3. The average molecular weight is 318 g/mol. The largest absolute Gasteiger partial charge is 0.361 e. The average Bonchev–Trinajstić information content (AvgIpc) is 3.13. The Hall–Kier alpha value is -1.86. The lowest BCUT2D eigenvalue weighted by Crippen LogP contribution is -1.98. The Bertz CT molecular complexity index is 696. The molecule has 5 nitrogen and oxygen atoms in total. The van der Waals surface area contributed by atoms with Crippen LogP contribution in [0.5, 0.6) is 0 Å². The first-order valence-electron chi connectivity index (χ1n) is 6.46. The third-order valence-corrected chi connectivity index (χ3v) is 4.76. The molecular weight excluding hydrogens is 304 g/mol. The predicted molar refractivity (Wildman–Crippen MR) is 84.5 cm³/mol. The minimum atomic E-state index is 0.741. The molecule has 0 fully saturated rings. The van der Waals surface area contributed by atoms with Crippen LogP contribution in [0.2, 0.25) is 0 Å². The van der Waals surface area contributed by atoms with E-state index in [1.807, 2.05) is 31.2 Å². The molecule has 2 aromatic heterocycles. The van der Waals surface area contributed by atoms with Gasteiger partial charge in [-0.05, 0) is 12.5 Å². The molecule has 2 heterocycles. The van der Waals surface area contributed by atoms with Crippen molar-refractivity contribution in [3.05, 3.63) is 53.4 Å². The molecule has 0 amide bonds. The third kappa shape index (κ3) is 4.05. The number of benzene rings is 1. The number of aryl methyl sites for hydroxylation is 1. The lowest BCUT2D eigenvalue weighted by atomic mass is 10.2. The summed E-state index contributed by atoms with van der Waals surface area (Å²) in [4.78, 5) is 0. The van der Waals surface area contributed by atoms with Gasteiger partial charge in [-0.1, -0.05) is 58.6 Å². The predicted octanol–water partition coefficient (Wildman–Crippen LogP) is 3.74. The molecule has 0 atom stereocenters. The van der Waals surface area contributed by atoms with Crippen LogP contribution in [-0.2, 0) is 12.3 Å². The van der Waals surface area contributed by atoms with Crippen molar-refractivity contribution in [3.63, 3.8) is 0 Å². The Balaban J connectivity index is 1.51. The zero-order valence-corrected chi connectivity index (χ0v) is 13.1. The van der Waals surface area contributed by atoms with Gasteiger partial charge in [-0.25, -0.2) is 0 Å². The maximum Gasteiger partial charge on any atom is 0.206 e. The van der Waals surface area contributed by atoms with Gasteiger partial charge in [0.25, 0.3) is 0 Å². The fourth-order valence-electron chi connectivity index (χ4n) is 1.73. The SMILES string of the molecule is Cc1cc(CSc2nnc(NCc3ccccc3)s2)no1. The fraction of sp³-hybridized carbons (Fsp3) is 0.214. The first-order chi connectivity index (χ1) is 10.3. The van der Waals surface area contributed by atoms with E-state index in [4.69, 9.17) is 4.52 Å². The summed E-state index contributed by atoms with van der Waals surface area (Å²) in [7, 11) is 0. The van der Waals surface area contributed by atoms with Gasteiger partial charge in [-0.2, -0.15) is 0 Å². The molecule has 3 aromatic rings. The van der Waals surface area contributed by atoms with E-state index in [9.17, 15) is 0 Å². The van der Waals surface area contributed by atoms with Crippen molar-refractivity contribution in [1.29, 1.82) is 0 Å². The normalized spacial score (nSPS) is 10.7. The molecule has 1 aromatic carbocycles. The van der Waals surface area contributed by atoms with Crippen molar-refractivity contribution >= 4 is 28.2 Å². The monoisotopic (exact) mass is 318 g/mol. The van der Waals surface area contributed by atoms with Gasteiger partial charge in [0.05, 0.1) is 5.69 Å². The van der Waals surface area contributed by atoms with Crippen molar-refractivity contribution in [1.82, 2.24) is 15.4 Å². The molecule has 0 aliphatic carbocycles. The molecule has 0 saturated heterocycles. The lowest BCUT2D eigenvalue weighted by molar-refractivity contribution is 0.393. The fourth-order valence-corrected chi connectivity index (χ4v) is 3.36. The third-order valence-electron chi connectivity index (χ3n) is 2.71. The van der Waals surface area contributed by atoms with Crippen molar-refractivity contribution in [2.45, 2.75) is 23.6 Å². The Morgan fingerprint density at radius 1 is 1.24 bits per heavy atom. The number of anilines is 1. The standard InChI is InChI=1S/C14H14N4OS2/c1-10-7-12(18-19-10)9-20-14-17-16-13(21-14)15-8-11-5-3-2-4-6-11/h2-7H,8-9H2,1H3,(H,15,16). The van der Waals surface area contributed by atoms with E-state index in [1.54, 1.807) is 23.1 Å². The summed E-state index contributed by atoms with van der Waals surface area (Å²) in [5, 5.41) is 16.4. The van der Waals surface area contributed by atoms with Crippen LogP contribution in [0.1, 0.15) is 17.0 Å². The van der Waals surface area contributed by atoms with E-state index >= 15 is 0 Å². The van der Waals surface area contributed by atoms with Crippen LogP contribution in [0.3, 0.4) is 0 Å². The summed E-state index contributed by atoms with van der Waals surface area (Å²) < 4.78 is 5.96. The van der Waals surface area contributed by atoms with Crippen LogP contribution in [0.25, 0.3) is 0 Å². The minimum absolute atomic E-state index is 0.741. The van der Waals surface area contributed by atoms with Gasteiger partial charge in [0.2, 0.25) is 5.13 Å². The summed E-state index contributed by atoms with van der Waals surface area (Å²) in [6.45, 7) is 2.64. The minimum Gasteiger partial charge on any atom is -0.361 e. The Kier molecular flexibility index (Phi) is 4.52. The van der Waals surface area contributed by atoms with E-state index in [2.05, 4.69) is 32.8 Å². The first kappa shape index (κ1) is 14.1. The first-order valence-corrected chi connectivity index (χ1v) is 8.26. The van der Waals surface area contributed by atoms with Crippen LogP contribution < -0.4 is 5.32 Å². The molecule has 0 spiro atoms. The van der Waals surface area contributed by atoms with E-state index in [0.717, 1.165) is 33.2 Å². The molecule has 0 bridgehead atoms. The molecule has 0 aliphatic rings. The second-order valence-corrected chi connectivity index (χ2v) is 6.63. The quantitative estimate of drug-likeness (QED) is 0.699. The maximum absolute atomic E-state index is 5.04. The Morgan fingerprint density at radius 2 is 2.10 bits per heavy atom. The van der Waals surface area contributed by atoms with Crippen LogP contribution in [0.15, 0.2) is 45.3 Å². The number of nitrogens with one attached hydrogen (secondary N) is 1. The lowest BCUT2D eigenvalue weighted by Gasteiger charge is -2.00. The molecule has 0 aliphatic heterocycles. The van der Waals surface area contributed by atoms with Crippen molar-refractivity contribution < 1.29 is 4.52 Å². The second-order valence-electron chi connectivity index (χ2n) is 4.43. The van der Waals surface area contributed by atoms with E-state index in [-0.39, 0.29) is 0 Å². The molecule has 0 unspecified atom stereocenters. The summed E-state index contributed by atoms with van der Waals surface area (Å²) in [6.07, 6.45) is 0. The molecule has 0 radical (unpaired) electrons. The van der Waals surface area contributed by atoms with Gasteiger partial charge in [-0.15, -0.1) is 10.2 Å². The smallest absolute Gasteiger partial charge is 0.206 e. The summed E-state index contributed by atoms with van der Waals surface area (Å²) in [5.74, 6) is 1.57. The van der Waals surface area contributed by atoms with E-state index in [0.29, 0.717) is 0 Å². The van der Waals surface area contributed by atoms with Crippen LogP contribution >= 0.6 is 23.1 Å². The molecule has 7 heteroatoms. The van der Waals surface area contributed by atoms with Crippen LogP contribution in [-0.4, -0.2) is 15.4 Å². The van der Waals surface area contributed by atoms with Crippen LogP contribution in [0, 0.1) is 6.92 Å². The zero-order valence-electron chi connectivity index (χ0n) is 11.4. The van der Waals surface area contributed by atoms with Gasteiger partial charge in [0, 0.05) is 18.4 Å². The summed E-state index contributed by atoms with van der Waals surface area (Å²) in [6, 6.07) is 12.2. The number of rotatable bonds is 6. The maximum atomic E-state index is 5.04. The number of thioether (sulfide) groups is 1. The molecule has 108 valence electrons. The molecule has 1 N–H and O–H groups in total. The molecule has 3 rings (SSSR count). The number of aromatic nitrogens is 3. The summed E-state index contributed by atoms with van der Waals surface area (Å²) >= 11 is 3.16. The molecule has 21 heavy (non-hydrogen) atoms. The van der Waals surface area contributed by atoms with E-state index in [1.165, 1.54) is 5.56 Å². The number of hydrogen-bond donors (Lipinski definition) is 1. The topological polar surface area (TPSA) is 63.8 Å². The van der Waals surface area contributed by atoms with Gasteiger partial charge in [0.15, 0.2) is 4.34 Å². The van der Waals surface area contributed by atoms with Crippen molar-refractivity contribution in [2.24, 2.45) is 0 Å². The zero-order chi connectivity index (χ0) is 14.5. The van der Waals surface area contributed by atoms with Gasteiger partial charge in [-0.3, -0.25) is 0 Å². The van der Waals surface area contributed by atoms with Crippen molar-refractivity contribution in [3.8, 4) is 0 Å². The molecular formula is C14H14N4OS2. The van der Waals surface area contributed by atoms with Gasteiger partial charge < -0.3 is 9.84 Å². The van der Waals surface area contributed by atoms with Crippen LogP contribution in [0.4, 0.5) is 5.13 Å². The second kappa shape index (κ2) is 6.73. The van der Waals surface area contributed by atoms with Crippen molar-refractivity contribution in [2.75, 3.05) is 5.32 Å². The highest BCUT2D eigenvalue weighted by Crippen LogP contribution is 2.28. The Morgan fingerprint density at radius 3 is 2.86 bits per heavy atom. The highest BCUT2D eigenvalue weighted by molar-refractivity contribution is 8.00.